The standard InChI is InChI=1S/C15H20N4O4/c1-15(20,9-7-18-14(17)19-13(9)16)8-5-10(21-2)12(23-4)11(6-8)22-3/h5-7,20H,1-4H3,(H4,16,17,18,19). The lowest BCUT2D eigenvalue weighted by atomic mass is 9.89. The van der Waals surface area contributed by atoms with Crippen LogP contribution in [-0.2, 0) is 5.60 Å². The number of hydrogen-bond acceptors (Lipinski definition) is 8. The zero-order chi connectivity index (χ0) is 17.2. The summed E-state index contributed by atoms with van der Waals surface area (Å²) in [4.78, 5) is 7.77. The molecule has 8 nitrogen and oxygen atoms in total. The summed E-state index contributed by atoms with van der Waals surface area (Å²) in [5.41, 5.74) is 10.7. The summed E-state index contributed by atoms with van der Waals surface area (Å²) in [7, 11) is 4.50. The fourth-order valence-corrected chi connectivity index (χ4v) is 2.30. The number of nitrogen functional groups attached to an aromatic ring is 2. The van der Waals surface area contributed by atoms with E-state index < -0.39 is 5.60 Å². The monoisotopic (exact) mass is 320 g/mol. The molecular formula is C15H20N4O4. The highest BCUT2D eigenvalue weighted by Crippen LogP contribution is 2.43. The van der Waals surface area contributed by atoms with Crippen LogP contribution in [0.4, 0.5) is 11.8 Å². The summed E-state index contributed by atoms with van der Waals surface area (Å²) in [6.07, 6.45) is 1.39. The molecule has 2 rings (SSSR count). The Labute approximate surface area is 134 Å². The molecule has 0 radical (unpaired) electrons. The molecule has 124 valence electrons. The van der Waals surface area contributed by atoms with Gasteiger partial charge in [-0.3, -0.25) is 0 Å². The van der Waals surface area contributed by atoms with Crippen molar-refractivity contribution in [2.45, 2.75) is 12.5 Å². The molecule has 1 unspecified atom stereocenters. The fourth-order valence-electron chi connectivity index (χ4n) is 2.30. The molecular weight excluding hydrogens is 300 g/mol. The van der Waals surface area contributed by atoms with Crippen molar-refractivity contribution in [3.05, 3.63) is 29.5 Å². The average molecular weight is 320 g/mol. The van der Waals surface area contributed by atoms with Crippen LogP contribution in [0.2, 0.25) is 0 Å². The second-order valence-corrected chi connectivity index (χ2v) is 5.01. The van der Waals surface area contributed by atoms with E-state index in [0.717, 1.165) is 0 Å². The van der Waals surface area contributed by atoms with E-state index in [1.54, 1.807) is 19.1 Å². The van der Waals surface area contributed by atoms with E-state index in [0.29, 0.717) is 28.4 Å². The molecule has 1 aromatic heterocycles. The highest BCUT2D eigenvalue weighted by atomic mass is 16.5. The van der Waals surface area contributed by atoms with Crippen LogP contribution in [0.3, 0.4) is 0 Å². The molecule has 0 bridgehead atoms. The minimum Gasteiger partial charge on any atom is -0.493 e. The number of anilines is 2. The maximum absolute atomic E-state index is 11.0. The van der Waals surface area contributed by atoms with Crippen molar-refractivity contribution in [2.75, 3.05) is 32.8 Å². The molecule has 8 heteroatoms. The molecule has 0 amide bonds. The quantitative estimate of drug-likeness (QED) is 0.742. The largest absolute Gasteiger partial charge is 0.493 e. The Kier molecular flexibility index (Phi) is 4.46. The van der Waals surface area contributed by atoms with Crippen LogP contribution in [0.5, 0.6) is 17.2 Å². The summed E-state index contributed by atoms with van der Waals surface area (Å²) in [5.74, 6) is 1.38. The third-order valence-electron chi connectivity index (χ3n) is 3.59. The van der Waals surface area contributed by atoms with Crippen molar-refractivity contribution < 1.29 is 19.3 Å². The Morgan fingerprint density at radius 3 is 2.04 bits per heavy atom. The number of nitrogens with two attached hydrogens (primary N) is 2. The van der Waals surface area contributed by atoms with Gasteiger partial charge in [-0.05, 0) is 24.6 Å². The third-order valence-corrected chi connectivity index (χ3v) is 3.59. The highest BCUT2D eigenvalue weighted by Gasteiger charge is 2.31. The van der Waals surface area contributed by atoms with Crippen molar-refractivity contribution >= 4 is 11.8 Å². The molecule has 1 heterocycles. The van der Waals surface area contributed by atoms with E-state index in [1.807, 2.05) is 0 Å². The topological polar surface area (TPSA) is 126 Å². The number of hydrogen-bond donors (Lipinski definition) is 3. The zero-order valence-electron chi connectivity index (χ0n) is 13.5. The van der Waals surface area contributed by atoms with Gasteiger partial charge >= 0.3 is 0 Å². The smallest absolute Gasteiger partial charge is 0.221 e. The molecule has 0 saturated carbocycles. The van der Waals surface area contributed by atoms with Gasteiger partial charge in [0.1, 0.15) is 11.4 Å². The number of rotatable bonds is 5. The molecule has 0 saturated heterocycles. The lowest BCUT2D eigenvalue weighted by molar-refractivity contribution is 0.102. The van der Waals surface area contributed by atoms with Gasteiger partial charge in [-0.15, -0.1) is 0 Å². The van der Waals surface area contributed by atoms with E-state index in [2.05, 4.69) is 9.97 Å². The lowest BCUT2D eigenvalue weighted by Crippen LogP contribution is -2.25. The van der Waals surface area contributed by atoms with Crippen LogP contribution >= 0.6 is 0 Å². The second-order valence-electron chi connectivity index (χ2n) is 5.01. The van der Waals surface area contributed by atoms with E-state index in [4.69, 9.17) is 25.7 Å². The number of aliphatic hydroxyl groups is 1. The van der Waals surface area contributed by atoms with Crippen molar-refractivity contribution in [1.82, 2.24) is 9.97 Å². The Bertz CT molecular complexity index is 694. The maximum atomic E-state index is 11.0. The summed E-state index contributed by atoms with van der Waals surface area (Å²) in [6.45, 7) is 1.57. The van der Waals surface area contributed by atoms with Crippen molar-refractivity contribution in [2.24, 2.45) is 0 Å². The van der Waals surface area contributed by atoms with Crippen LogP contribution in [0, 0.1) is 0 Å². The Hall–Kier alpha value is -2.74. The molecule has 0 fully saturated rings. The average Bonchev–Trinajstić information content (AvgIpc) is 2.52. The van der Waals surface area contributed by atoms with Gasteiger partial charge in [-0.2, -0.15) is 4.98 Å². The van der Waals surface area contributed by atoms with E-state index in [1.165, 1.54) is 27.5 Å². The van der Waals surface area contributed by atoms with E-state index >= 15 is 0 Å². The number of aromatic nitrogens is 2. The Morgan fingerprint density at radius 1 is 1.04 bits per heavy atom. The predicted octanol–water partition coefficient (Wildman–Crippen LogP) is 0.923. The molecule has 0 spiro atoms. The van der Waals surface area contributed by atoms with Crippen molar-refractivity contribution in [1.29, 1.82) is 0 Å². The first-order valence-electron chi connectivity index (χ1n) is 6.76. The molecule has 1 aromatic carbocycles. The Morgan fingerprint density at radius 2 is 1.61 bits per heavy atom. The third kappa shape index (κ3) is 2.93. The molecule has 0 aliphatic carbocycles. The van der Waals surface area contributed by atoms with E-state index in [-0.39, 0.29) is 11.8 Å². The van der Waals surface area contributed by atoms with Crippen LogP contribution in [0.25, 0.3) is 0 Å². The zero-order valence-corrected chi connectivity index (χ0v) is 13.5. The summed E-state index contributed by atoms with van der Waals surface area (Å²) >= 11 is 0. The highest BCUT2D eigenvalue weighted by molar-refractivity contribution is 5.58. The number of nitrogens with zero attached hydrogens (tertiary/aromatic N) is 2. The molecule has 23 heavy (non-hydrogen) atoms. The molecule has 2 aromatic rings. The molecule has 0 aliphatic rings. The first-order chi connectivity index (χ1) is 10.8. The normalized spacial score (nSPS) is 13.3. The lowest BCUT2D eigenvalue weighted by Gasteiger charge is -2.26. The molecule has 0 aliphatic heterocycles. The van der Waals surface area contributed by atoms with Gasteiger partial charge < -0.3 is 30.8 Å². The first-order valence-corrected chi connectivity index (χ1v) is 6.76. The number of benzene rings is 1. The number of methoxy groups -OCH3 is 3. The van der Waals surface area contributed by atoms with Crippen LogP contribution < -0.4 is 25.7 Å². The second kappa shape index (κ2) is 6.17. The van der Waals surface area contributed by atoms with Crippen LogP contribution in [-0.4, -0.2) is 36.4 Å². The van der Waals surface area contributed by atoms with Gasteiger partial charge in [0.2, 0.25) is 11.7 Å². The summed E-state index contributed by atoms with van der Waals surface area (Å²) in [6, 6.07) is 3.27. The van der Waals surface area contributed by atoms with Crippen LogP contribution in [0.1, 0.15) is 18.1 Å². The van der Waals surface area contributed by atoms with Crippen LogP contribution in [0.15, 0.2) is 18.3 Å². The maximum Gasteiger partial charge on any atom is 0.221 e. The summed E-state index contributed by atoms with van der Waals surface area (Å²) in [5, 5.41) is 11.0. The van der Waals surface area contributed by atoms with Crippen molar-refractivity contribution in [3.63, 3.8) is 0 Å². The van der Waals surface area contributed by atoms with E-state index in [9.17, 15) is 5.11 Å². The number of ether oxygens (including phenoxy) is 3. The van der Waals surface area contributed by atoms with Gasteiger partial charge in [0, 0.05) is 11.8 Å². The first kappa shape index (κ1) is 16.6. The van der Waals surface area contributed by atoms with Gasteiger partial charge in [-0.1, -0.05) is 0 Å². The molecule has 1 atom stereocenters. The molecule has 5 N–H and O–H groups in total. The van der Waals surface area contributed by atoms with Gasteiger partial charge in [0.05, 0.1) is 21.3 Å². The van der Waals surface area contributed by atoms with Gasteiger partial charge in [-0.25, -0.2) is 4.98 Å². The van der Waals surface area contributed by atoms with Gasteiger partial charge in [0.15, 0.2) is 11.5 Å². The SMILES string of the molecule is COc1cc(C(C)(O)c2cnc(N)nc2N)cc(OC)c1OC. The minimum absolute atomic E-state index is 0.0342. The minimum atomic E-state index is -1.48. The predicted molar refractivity (Wildman–Crippen MR) is 85.6 cm³/mol. The van der Waals surface area contributed by atoms with Crippen molar-refractivity contribution in [3.8, 4) is 17.2 Å². The Balaban J connectivity index is 2.63. The van der Waals surface area contributed by atoms with Gasteiger partial charge in [0.25, 0.3) is 0 Å². The fraction of sp³-hybridized carbons (Fsp3) is 0.333. The summed E-state index contributed by atoms with van der Waals surface area (Å²) < 4.78 is 15.9.